The van der Waals surface area contributed by atoms with Gasteiger partial charge < -0.3 is 19.3 Å². The van der Waals surface area contributed by atoms with Gasteiger partial charge in [0.05, 0.1) is 5.56 Å². The predicted octanol–water partition coefficient (Wildman–Crippen LogP) is 3.79. The van der Waals surface area contributed by atoms with Gasteiger partial charge in [0, 0.05) is 66.5 Å². The third-order valence-electron chi connectivity index (χ3n) is 7.76. The van der Waals surface area contributed by atoms with Crippen molar-refractivity contribution in [2.24, 2.45) is 5.92 Å². The quantitative estimate of drug-likeness (QED) is 0.420. The van der Waals surface area contributed by atoms with Crippen LogP contribution in [0.15, 0.2) is 77.7 Å². The Morgan fingerprint density at radius 1 is 0.946 bits per heavy atom. The number of aromatic nitrogens is 2. The average molecular weight is 498 g/mol. The maximum Gasteiger partial charge on any atom is 0.335 e. The lowest BCUT2D eigenvalue weighted by atomic mass is 9.82. The van der Waals surface area contributed by atoms with Crippen LogP contribution in [-0.4, -0.2) is 49.3 Å². The van der Waals surface area contributed by atoms with Gasteiger partial charge in [0.2, 0.25) is 0 Å². The van der Waals surface area contributed by atoms with Crippen molar-refractivity contribution in [3.63, 3.8) is 0 Å². The number of aromatic carboxylic acids is 1. The molecule has 4 heterocycles. The van der Waals surface area contributed by atoms with Gasteiger partial charge in [-0.2, -0.15) is 0 Å². The lowest BCUT2D eigenvalue weighted by molar-refractivity contribution is -0.144. The fourth-order valence-corrected chi connectivity index (χ4v) is 6.22. The normalized spacial score (nSPS) is 19.9. The second-order valence-corrected chi connectivity index (χ2v) is 10.1. The van der Waals surface area contributed by atoms with Crippen molar-refractivity contribution >= 4 is 22.8 Å². The number of likely N-dealkylation sites (tertiary alicyclic amines) is 1. The number of carbonyl (C=O) groups is 2. The molecule has 4 aromatic rings. The number of rotatable bonds is 6. The molecule has 2 N–H and O–H groups in total. The van der Waals surface area contributed by atoms with Crippen LogP contribution in [0, 0.1) is 5.92 Å². The molecule has 2 bridgehead atoms. The van der Waals surface area contributed by atoms with Crippen LogP contribution in [0.5, 0.6) is 0 Å². The summed E-state index contributed by atoms with van der Waals surface area (Å²) in [5, 5.41) is 20.8. The Hall–Kier alpha value is -4.17. The number of carboxylic acids is 2. The zero-order valence-corrected chi connectivity index (χ0v) is 20.2. The van der Waals surface area contributed by atoms with Gasteiger partial charge in [0.15, 0.2) is 0 Å². The summed E-state index contributed by atoms with van der Waals surface area (Å²) in [6.45, 7) is 2.18. The minimum atomic E-state index is -1.05. The fraction of sp³-hybridized carbons (Fsp3) is 0.276. The number of benzene rings is 2. The van der Waals surface area contributed by atoms with E-state index in [1.165, 1.54) is 0 Å². The number of hydrogen-bond acceptors (Lipinski definition) is 4. The smallest absolute Gasteiger partial charge is 0.335 e. The van der Waals surface area contributed by atoms with Gasteiger partial charge in [-0.15, -0.1) is 0 Å². The van der Waals surface area contributed by atoms with E-state index in [1.54, 1.807) is 30.3 Å². The summed E-state index contributed by atoms with van der Waals surface area (Å²) in [6, 6.07) is 19.2. The first-order chi connectivity index (χ1) is 17.9. The van der Waals surface area contributed by atoms with Crippen LogP contribution < -0.4 is 5.56 Å². The molecule has 0 aliphatic carbocycles. The topological polar surface area (TPSA) is 105 Å². The van der Waals surface area contributed by atoms with E-state index in [0.717, 1.165) is 23.2 Å². The molecular formula is C29H27N3O5. The Kier molecular flexibility index (Phi) is 5.68. The summed E-state index contributed by atoms with van der Waals surface area (Å²) in [5.74, 6) is -1.79. The molecule has 2 aliphatic heterocycles. The van der Waals surface area contributed by atoms with Crippen molar-refractivity contribution in [1.82, 2.24) is 14.0 Å². The molecule has 0 unspecified atom stereocenters. The predicted molar refractivity (Wildman–Crippen MR) is 138 cm³/mol. The van der Waals surface area contributed by atoms with E-state index in [-0.39, 0.29) is 23.0 Å². The largest absolute Gasteiger partial charge is 0.480 e. The standard InChI is InChI=1S/C29H27N3O5/c33-26-8-4-7-24-21-11-19(15-32(24)26)14-31(16-21)27(29(36)37)23-17-30(13-18-5-2-1-3-6-18)25-10-9-20(28(34)35)12-22(23)25/h1-10,12,17,19,21,27H,11,13-16H2,(H,34,35)(H,36,37)/t19-,21-,27-/m1/s1. The molecule has 2 aromatic heterocycles. The molecular weight excluding hydrogens is 470 g/mol. The fourth-order valence-electron chi connectivity index (χ4n) is 6.22. The Bertz CT molecular complexity index is 1570. The Labute approximate surface area is 213 Å². The van der Waals surface area contributed by atoms with Gasteiger partial charge >= 0.3 is 11.9 Å². The summed E-state index contributed by atoms with van der Waals surface area (Å²) < 4.78 is 3.83. The van der Waals surface area contributed by atoms with E-state index >= 15 is 0 Å². The van der Waals surface area contributed by atoms with Crippen LogP contribution in [-0.2, 0) is 17.9 Å². The second kappa shape index (κ2) is 9.05. The Morgan fingerprint density at radius 2 is 1.76 bits per heavy atom. The van der Waals surface area contributed by atoms with Gasteiger partial charge in [0.1, 0.15) is 6.04 Å². The molecule has 0 spiro atoms. The van der Waals surface area contributed by atoms with E-state index < -0.39 is 18.0 Å². The summed E-state index contributed by atoms with van der Waals surface area (Å²) >= 11 is 0. The molecule has 1 fully saturated rings. The van der Waals surface area contributed by atoms with E-state index in [0.29, 0.717) is 37.1 Å². The average Bonchev–Trinajstić information content (AvgIpc) is 3.22. The van der Waals surface area contributed by atoms with Gasteiger partial charge in [-0.1, -0.05) is 36.4 Å². The SMILES string of the molecule is O=C(O)c1ccc2c(c1)c([C@H](C(=O)O)N1C[C@H]3C[C@H](C1)c1cccc(=O)n1C3)cn2Cc1ccccc1. The van der Waals surface area contributed by atoms with E-state index in [1.807, 2.05) is 56.6 Å². The number of aliphatic carboxylic acids is 1. The lowest BCUT2D eigenvalue weighted by Crippen LogP contribution is -2.49. The van der Waals surface area contributed by atoms with Crippen molar-refractivity contribution < 1.29 is 19.8 Å². The second-order valence-electron chi connectivity index (χ2n) is 10.1. The van der Waals surface area contributed by atoms with Gasteiger partial charge in [-0.3, -0.25) is 14.5 Å². The first-order valence-corrected chi connectivity index (χ1v) is 12.5. The molecule has 0 radical (unpaired) electrons. The van der Waals surface area contributed by atoms with Crippen LogP contribution in [0.25, 0.3) is 10.9 Å². The highest BCUT2D eigenvalue weighted by molar-refractivity contribution is 5.96. The summed E-state index contributed by atoms with van der Waals surface area (Å²) in [5.41, 5.74) is 3.52. The molecule has 6 rings (SSSR count). The van der Waals surface area contributed by atoms with Crippen LogP contribution >= 0.6 is 0 Å². The molecule has 1 saturated heterocycles. The zero-order valence-electron chi connectivity index (χ0n) is 20.2. The van der Waals surface area contributed by atoms with Gasteiger partial charge in [-0.25, -0.2) is 4.79 Å². The Morgan fingerprint density at radius 3 is 2.51 bits per heavy atom. The first-order valence-electron chi connectivity index (χ1n) is 12.5. The van der Waals surface area contributed by atoms with Crippen molar-refractivity contribution in [3.05, 3.63) is 106 Å². The highest BCUT2D eigenvalue weighted by atomic mass is 16.4. The monoisotopic (exact) mass is 497 g/mol. The summed E-state index contributed by atoms with van der Waals surface area (Å²) in [4.78, 5) is 39.0. The van der Waals surface area contributed by atoms with Crippen LogP contribution in [0.3, 0.4) is 0 Å². The molecule has 0 saturated carbocycles. The molecule has 8 nitrogen and oxygen atoms in total. The minimum Gasteiger partial charge on any atom is -0.480 e. The highest BCUT2D eigenvalue weighted by Crippen LogP contribution is 2.40. The zero-order chi connectivity index (χ0) is 25.7. The molecule has 188 valence electrons. The molecule has 37 heavy (non-hydrogen) atoms. The van der Waals surface area contributed by atoms with E-state index in [2.05, 4.69) is 0 Å². The van der Waals surface area contributed by atoms with Gasteiger partial charge in [0.25, 0.3) is 5.56 Å². The molecule has 2 aromatic carbocycles. The van der Waals surface area contributed by atoms with E-state index in [4.69, 9.17) is 0 Å². The number of fused-ring (bicyclic) bond motifs is 5. The van der Waals surface area contributed by atoms with Crippen LogP contribution in [0.2, 0.25) is 0 Å². The number of carboxylic acid groups (broad SMARTS) is 2. The van der Waals surface area contributed by atoms with Crippen molar-refractivity contribution in [2.75, 3.05) is 13.1 Å². The summed E-state index contributed by atoms with van der Waals surface area (Å²) in [6.07, 6.45) is 2.79. The number of piperidine rings is 1. The van der Waals surface area contributed by atoms with Crippen LogP contribution in [0.1, 0.15) is 45.6 Å². The summed E-state index contributed by atoms with van der Waals surface area (Å²) in [7, 11) is 0. The van der Waals surface area contributed by atoms with Crippen molar-refractivity contribution in [2.45, 2.75) is 31.5 Å². The third kappa shape index (κ3) is 4.13. The molecule has 3 atom stereocenters. The minimum absolute atomic E-state index is 0.0133. The van der Waals surface area contributed by atoms with E-state index in [9.17, 15) is 24.6 Å². The lowest BCUT2D eigenvalue weighted by Gasteiger charge is -2.44. The Balaban J connectivity index is 1.44. The number of nitrogens with zero attached hydrogens (tertiary/aromatic N) is 3. The molecule has 2 aliphatic rings. The van der Waals surface area contributed by atoms with Crippen molar-refractivity contribution in [3.8, 4) is 0 Å². The third-order valence-corrected chi connectivity index (χ3v) is 7.76. The highest BCUT2D eigenvalue weighted by Gasteiger charge is 2.40. The maximum absolute atomic E-state index is 12.8. The van der Waals surface area contributed by atoms with Crippen LogP contribution in [0.4, 0.5) is 0 Å². The number of hydrogen-bond donors (Lipinski definition) is 2. The maximum atomic E-state index is 12.8. The van der Waals surface area contributed by atoms with Crippen molar-refractivity contribution in [1.29, 1.82) is 0 Å². The molecule has 8 heteroatoms. The first kappa shape index (κ1) is 23.2. The van der Waals surface area contributed by atoms with Gasteiger partial charge in [-0.05, 0) is 42.2 Å². The molecule has 0 amide bonds. The number of pyridine rings is 1.